The van der Waals surface area contributed by atoms with Crippen LogP contribution in [-0.4, -0.2) is 0 Å². The van der Waals surface area contributed by atoms with Crippen LogP contribution in [-0.2, 0) is 36.4 Å². The molecule has 0 saturated carbocycles. The number of allylic oxidation sites excluding steroid dienone is 2. The third kappa shape index (κ3) is 902. The molecule has 0 aliphatic carbocycles. The molecule has 12 heavy (non-hydrogen) atoms. The summed E-state index contributed by atoms with van der Waals surface area (Å²) in [4.78, 5) is 0. The summed E-state index contributed by atoms with van der Waals surface area (Å²) in [6.45, 7) is 20.0. The zero-order valence-corrected chi connectivity index (χ0v) is 11.6. The van der Waals surface area contributed by atoms with Crippen molar-refractivity contribution in [3.63, 3.8) is 0 Å². The molecule has 80 valence electrons. The molecule has 0 aliphatic heterocycles. The molecule has 0 N–H and O–H groups in total. The van der Waals surface area contributed by atoms with Crippen LogP contribution in [0.15, 0.2) is 11.1 Å². The van der Waals surface area contributed by atoms with Crippen LogP contribution in [0.2, 0.25) is 0 Å². The molecule has 0 spiro atoms. The molecule has 0 bridgehead atoms. The van der Waals surface area contributed by atoms with E-state index in [2.05, 4.69) is 13.8 Å². The van der Waals surface area contributed by atoms with Gasteiger partial charge in [-0.3, -0.25) is 0 Å². The van der Waals surface area contributed by atoms with E-state index in [0.29, 0.717) is 11.1 Å². The minimum Gasteiger partial charge on any atom is 2.00 e. The SMILES string of the molecule is [CH-]=C([CH2-])C.[CH-]=C([CH2-])C.[Cl][Pd][Cl].[Pd+2]. The van der Waals surface area contributed by atoms with Gasteiger partial charge in [0, 0.05) is 0 Å². The Morgan fingerprint density at radius 2 is 1.08 bits per heavy atom. The molecule has 0 aromatic heterocycles. The van der Waals surface area contributed by atoms with Gasteiger partial charge in [-0.2, -0.15) is 0 Å². The van der Waals surface area contributed by atoms with Gasteiger partial charge in [0.1, 0.15) is 0 Å². The Morgan fingerprint density at radius 3 is 1.08 bits per heavy atom. The van der Waals surface area contributed by atoms with Crippen molar-refractivity contribution in [2.75, 3.05) is 0 Å². The van der Waals surface area contributed by atoms with E-state index in [0.717, 1.165) is 0 Å². The minimum atomic E-state index is -0.106. The number of hydrogen-bond acceptors (Lipinski definition) is 0. The first-order chi connectivity index (χ1) is 4.88. The second-order valence-electron chi connectivity index (χ2n) is 1.74. The summed E-state index contributed by atoms with van der Waals surface area (Å²) in [7, 11) is 9.63. The minimum absolute atomic E-state index is 0. The predicted octanol–water partition coefficient (Wildman–Crippen LogP) is 3.77. The van der Waals surface area contributed by atoms with Gasteiger partial charge in [0.15, 0.2) is 0 Å². The van der Waals surface area contributed by atoms with E-state index in [-0.39, 0.29) is 36.4 Å². The molecule has 4 heteroatoms. The molecule has 0 atom stereocenters. The predicted molar refractivity (Wildman–Crippen MR) is 49.4 cm³/mol. The van der Waals surface area contributed by atoms with Crippen LogP contribution in [0.1, 0.15) is 13.8 Å². The average Bonchev–Trinajstić information content (AvgIpc) is 1.60. The Morgan fingerprint density at radius 1 is 1.08 bits per heavy atom. The Labute approximate surface area is 107 Å². The van der Waals surface area contributed by atoms with Crippen molar-refractivity contribution in [1.29, 1.82) is 0 Å². The van der Waals surface area contributed by atoms with Crippen molar-refractivity contribution in [1.82, 2.24) is 0 Å². The van der Waals surface area contributed by atoms with Gasteiger partial charge in [-0.15, -0.1) is 13.8 Å². The maximum atomic E-state index is 4.92. The maximum Gasteiger partial charge on any atom is 2.00 e. The summed E-state index contributed by atoms with van der Waals surface area (Å²) in [5, 5.41) is 0. The normalized spacial score (nSPS) is 6.00. The van der Waals surface area contributed by atoms with Crippen LogP contribution in [0.4, 0.5) is 0 Å². The summed E-state index contributed by atoms with van der Waals surface area (Å²) >= 11 is -0.106. The molecule has 0 rings (SSSR count). The van der Waals surface area contributed by atoms with Gasteiger partial charge in [-0.05, 0) is 0 Å². The molecule has 0 aromatic rings. The van der Waals surface area contributed by atoms with Crippen molar-refractivity contribution in [2.24, 2.45) is 0 Å². The van der Waals surface area contributed by atoms with E-state index >= 15 is 0 Å². The summed E-state index contributed by atoms with van der Waals surface area (Å²) in [5.74, 6) is 0. The quantitative estimate of drug-likeness (QED) is 0.435. The molecule has 0 aromatic carbocycles. The third-order valence-electron chi connectivity index (χ3n) is 0. The molecule has 0 radical (unpaired) electrons. The zero-order chi connectivity index (χ0) is 9.86. The number of rotatable bonds is 0. The van der Waals surface area contributed by atoms with Crippen molar-refractivity contribution in [3.05, 3.63) is 38.2 Å². The number of halogens is 2. The van der Waals surface area contributed by atoms with Crippen molar-refractivity contribution in [3.8, 4) is 0 Å². The molecule has 0 unspecified atom stereocenters. The molecular weight excluding hydrogens is 380 g/mol. The third-order valence-corrected chi connectivity index (χ3v) is 0. The van der Waals surface area contributed by atoms with Gasteiger partial charge in [-0.1, -0.05) is 0 Å². The monoisotopic (exact) mass is 390 g/mol. The zero-order valence-electron chi connectivity index (χ0n) is 6.96. The van der Waals surface area contributed by atoms with Gasteiger partial charge in [0.2, 0.25) is 0 Å². The van der Waals surface area contributed by atoms with E-state index in [1.54, 1.807) is 13.8 Å². The summed E-state index contributed by atoms with van der Waals surface area (Å²) in [6.07, 6.45) is 0. The first kappa shape index (κ1) is 23.2. The Hall–Kier alpha value is 1.12. The van der Waals surface area contributed by atoms with E-state index in [9.17, 15) is 0 Å². The molecule has 0 heterocycles. The fourth-order valence-electron chi connectivity index (χ4n) is 0. The van der Waals surface area contributed by atoms with E-state index < -0.39 is 0 Å². The van der Waals surface area contributed by atoms with Crippen molar-refractivity contribution in [2.45, 2.75) is 13.8 Å². The first-order valence-electron chi connectivity index (χ1n) is 2.52. The van der Waals surface area contributed by atoms with Gasteiger partial charge in [0.25, 0.3) is 0 Å². The van der Waals surface area contributed by atoms with Gasteiger partial charge in [0.05, 0.1) is 0 Å². The average molecular weight is 392 g/mol. The van der Waals surface area contributed by atoms with Crippen molar-refractivity contribution < 1.29 is 36.4 Å². The van der Waals surface area contributed by atoms with Crippen LogP contribution in [0.5, 0.6) is 0 Å². The molecule has 0 fully saturated rings. The molecule has 0 nitrogen and oxygen atoms in total. The Balaban J connectivity index is -0.0000000389. The molecular formula is C8H12Cl2Pd2-2. The second-order valence-corrected chi connectivity index (χ2v) is 4.10. The first-order valence-corrected chi connectivity index (χ1v) is 6.53. The topological polar surface area (TPSA) is 0 Å². The fourth-order valence-corrected chi connectivity index (χ4v) is 0. The fraction of sp³-hybridized carbons (Fsp3) is 0.250. The van der Waals surface area contributed by atoms with Gasteiger partial charge in [-0.25, -0.2) is 0 Å². The standard InChI is InChI=1S/2C4H6.2ClH.2Pd/c2*1-4(2)3;;;;/h2*1H,2H2,3H3;2*1H;;/q2*-2;;;2*+2/p-2. The molecule has 0 aliphatic rings. The van der Waals surface area contributed by atoms with Crippen molar-refractivity contribution >= 4 is 19.1 Å². The summed E-state index contributed by atoms with van der Waals surface area (Å²) < 4.78 is 0. The number of hydrogen-bond donors (Lipinski definition) is 0. The smallest absolute Gasteiger partial charge is 2.00 e. The van der Waals surface area contributed by atoms with E-state index in [4.69, 9.17) is 32.2 Å². The van der Waals surface area contributed by atoms with Crippen LogP contribution < -0.4 is 0 Å². The van der Waals surface area contributed by atoms with Crippen LogP contribution in [0.25, 0.3) is 0 Å². The molecule has 0 saturated heterocycles. The molecule has 0 amide bonds. The van der Waals surface area contributed by atoms with Gasteiger partial charge < -0.3 is 38.2 Å². The van der Waals surface area contributed by atoms with E-state index in [1.807, 2.05) is 0 Å². The van der Waals surface area contributed by atoms with E-state index in [1.165, 1.54) is 0 Å². The van der Waals surface area contributed by atoms with Crippen LogP contribution in [0.3, 0.4) is 0 Å². The Kier molecular flexibility index (Phi) is 43.9. The maximum absolute atomic E-state index is 4.92. The summed E-state index contributed by atoms with van der Waals surface area (Å²) in [5.41, 5.74) is 1.33. The summed E-state index contributed by atoms with van der Waals surface area (Å²) in [6, 6.07) is 0. The van der Waals surface area contributed by atoms with Crippen LogP contribution >= 0.6 is 19.1 Å². The van der Waals surface area contributed by atoms with Gasteiger partial charge >= 0.3 is 55.4 Å². The largest absolute Gasteiger partial charge is 2.00 e. The Bertz CT molecular complexity index is 83.2. The van der Waals surface area contributed by atoms with Crippen LogP contribution in [0, 0.1) is 27.0 Å². The second kappa shape index (κ2) is 22.7.